The van der Waals surface area contributed by atoms with Crippen molar-refractivity contribution in [2.45, 2.75) is 5.92 Å². The van der Waals surface area contributed by atoms with Crippen molar-refractivity contribution in [3.05, 3.63) is 48.6 Å². The fourth-order valence-electron chi connectivity index (χ4n) is 1.91. The molecule has 0 bridgehead atoms. The second kappa shape index (κ2) is 7.23. The van der Waals surface area contributed by atoms with Crippen LogP contribution < -0.4 is 0 Å². The molecular weight excluding hydrogens is 260 g/mol. The van der Waals surface area contributed by atoms with Crippen LogP contribution in [0.4, 0.5) is 0 Å². The number of carbonyl (C=O) groups is 3. The molecule has 0 heterocycles. The van der Waals surface area contributed by atoms with Crippen LogP contribution in [0.5, 0.6) is 0 Å². The van der Waals surface area contributed by atoms with Crippen LogP contribution in [-0.2, 0) is 23.9 Å². The van der Waals surface area contributed by atoms with Gasteiger partial charge in [-0.3, -0.25) is 9.59 Å². The number of carbonyl (C=O) groups excluding carboxylic acids is 3. The monoisotopic (exact) mass is 276 g/mol. The average Bonchev–Trinajstić information content (AvgIpc) is 2.51. The molecule has 1 unspecified atom stereocenters. The van der Waals surface area contributed by atoms with Crippen molar-refractivity contribution in [3.8, 4) is 0 Å². The molecule has 0 aliphatic rings. The van der Waals surface area contributed by atoms with E-state index in [9.17, 15) is 14.4 Å². The lowest BCUT2D eigenvalue weighted by Crippen LogP contribution is -2.35. The zero-order chi connectivity index (χ0) is 15.1. The van der Waals surface area contributed by atoms with Gasteiger partial charge < -0.3 is 9.47 Å². The number of benzene rings is 1. The van der Waals surface area contributed by atoms with Crippen molar-refractivity contribution < 1.29 is 23.9 Å². The van der Waals surface area contributed by atoms with Gasteiger partial charge in [0.15, 0.2) is 0 Å². The number of methoxy groups -OCH3 is 2. The number of Topliss-reactive ketones (excluding diaryl/α,β-unsaturated/α-hetero) is 1. The molecule has 0 aliphatic carbocycles. The van der Waals surface area contributed by atoms with Gasteiger partial charge >= 0.3 is 11.9 Å². The second-order valence-corrected chi connectivity index (χ2v) is 4.03. The number of rotatable bonds is 6. The van der Waals surface area contributed by atoms with Crippen molar-refractivity contribution in [2.75, 3.05) is 14.2 Å². The quantitative estimate of drug-likeness (QED) is 0.341. The van der Waals surface area contributed by atoms with E-state index < -0.39 is 29.6 Å². The van der Waals surface area contributed by atoms with E-state index in [1.807, 2.05) is 0 Å². The predicted octanol–water partition coefficient (Wildman–Crippen LogP) is 1.49. The molecule has 1 aromatic carbocycles. The molecule has 106 valence electrons. The summed E-state index contributed by atoms with van der Waals surface area (Å²) in [4.78, 5) is 35.3. The fraction of sp³-hybridized carbons (Fsp3) is 0.267. The molecule has 0 N–H and O–H groups in total. The van der Waals surface area contributed by atoms with Gasteiger partial charge in [0.05, 0.1) is 14.2 Å². The summed E-state index contributed by atoms with van der Waals surface area (Å²) in [6.45, 7) is 3.63. The Balaban J connectivity index is 3.21. The number of hydrogen-bond donors (Lipinski definition) is 0. The maximum atomic E-state index is 12.0. The Hall–Kier alpha value is -2.43. The van der Waals surface area contributed by atoms with Gasteiger partial charge in [0.2, 0.25) is 0 Å². The highest BCUT2D eigenvalue weighted by Crippen LogP contribution is 2.28. The largest absolute Gasteiger partial charge is 0.468 e. The lowest BCUT2D eigenvalue weighted by Gasteiger charge is -2.20. The van der Waals surface area contributed by atoms with Gasteiger partial charge in [-0.1, -0.05) is 36.4 Å². The van der Waals surface area contributed by atoms with Crippen molar-refractivity contribution in [3.63, 3.8) is 0 Å². The zero-order valence-corrected chi connectivity index (χ0v) is 11.4. The summed E-state index contributed by atoms with van der Waals surface area (Å²) in [6.07, 6.45) is 1.44. The molecule has 0 saturated heterocycles. The third-order valence-corrected chi connectivity index (χ3v) is 2.92. The SMILES string of the molecule is C=C[C@@H](c1ccccc1)C(C(=O)OC)C(=O)C(=O)OC. The Morgan fingerprint density at radius 2 is 1.70 bits per heavy atom. The minimum atomic E-state index is -1.30. The van der Waals surface area contributed by atoms with Gasteiger partial charge in [0.25, 0.3) is 5.78 Å². The van der Waals surface area contributed by atoms with E-state index in [4.69, 9.17) is 0 Å². The first-order valence-electron chi connectivity index (χ1n) is 5.94. The first kappa shape index (κ1) is 15.6. The predicted molar refractivity (Wildman–Crippen MR) is 71.9 cm³/mol. The molecule has 0 saturated carbocycles. The third-order valence-electron chi connectivity index (χ3n) is 2.92. The van der Waals surface area contributed by atoms with Crippen molar-refractivity contribution in [1.82, 2.24) is 0 Å². The van der Waals surface area contributed by atoms with E-state index in [0.29, 0.717) is 5.56 Å². The summed E-state index contributed by atoms with van der Waals surface area (Å²) in [6, 6.07) is 8.82. The second-order valence-electron chi connectivity index (χ2n) is 4.03. The molecule has 5 nitrogen and oxygen atoms in total. The zero-order valence-electron chi connectivity index (χ0n) is 11.4. The summed E-state index contributed by atoms with van der Waals surface area (Å²) in [7, 11) is 2.24. The topological polar surface area (TPSA) is 69.7 Å². The molecule has 0 fully saturated rings. The van der Waals surface area contributed by atoms with E-state index in [1.54, 1.807) is 30.3 Å². The molecule has 5 heteroatoms. The van der Waals surface area contributed by atoms with Crippen LogP contribution in [0.1, 0.15) is 11.5 Å². The third kappa shape index (κ3) is 3.32. The molecule has 1 aromatic rings. The molecule has 0 aromatic heterocycles. The molecule has 2 atom stereocenters. The van der Waals surface area contributed by atoms with Gasteiger partial charge in [0.1, 0.15) is 5.92 Å². The maximum Gasteiger partial charge on any atom is 0.375 e. The first-order valence-corrected chi connectivity index (χ1v) is 5.94. The molecular formula is C15H16O5. The highest BCUT2D eigenvalue weighted by Gasteiger charge is 2.39. The van der Waals surface area contributed by atoms with Gasteiger partial charge in [0, 0.05) is 5.92 Å². The van der Waals surface area contributed by atoms with Crippen LogP contribution >= 0.6 is 0 Å². The van der Waals surface area contributed by atoms with Crippen molar-refractivity contribution in [2.24, 2.45) is 5.92 Å². The smallest absolute Gasteiger partial charge is 0.375 e. The van der Waals surface area contributed by atoms with E-state index in [1.165, 1.54) is 6.08 Å². The summed E-state index contributed by atoms with van der Waals surface area (Å²) in [5.41, 5.74) is 0.690. The number of ketones is 1. The molecule has 20 heavy (non-hydrogen) atoms. The van der Waals surface area contributed by atoms with Crippen LogP contribution in [0.3, 0.4) is 0 Å². The molecule has 0 aliphatic heterocycles. The van der Waals surface area contributed by atoms with Crippen molar-refractivity contribution in [1.29, 1.82) is 0 Å². The summed E-state index contributed by atoms with van der Waals surface area (Å²) >= 11 is 0. The Morgan fingerprint density at radius 1 is 1.10 bits per heavy atom. The van der Waals surface area contributed by atoms with Crippen LogP contribution in [-0.4, -0.2) is 31.9 Å². The van der Waals surface area contributed by atoms with E-state index >= 15 is 0 Å². The molecule has 0 radical (unpaired) electrons. The minimum absolute atomic E-state index is 0.657. The maximum absolute atomic E-state index is 12.0. The molecule has 0 amide bonds. The van der Waals surface area contributed by atoms with Gasteiger partial charge in [-0.05, 0) is 5.56 Å². The summed E-state index contributed by atoms with van der Waals surface area (Å²) in [5, 5.41) is 0. The highest BCUT2D eigenvalue weighted by molar-refractivity contribution is 6.38. The van der Waals surface area contributed by atoms with E-state index in [-0.39, 0.29) is 0 Å². The fourth-order valence-corrected chi connectivity index (χ4v) is 1.91. The highest BCUT2D eigenvalue weighted by atomic mass is 16.5. The van der Waals surface area contributed by atoms with Crippen molar-refractivity contribution >= 4 is 17.7 Å². The lowest BCUT2D eigenvalue weighted by molar-refractivity contribution is -0.160. The number of hydrogen-bond acceptors (Lipinski definition) is 5. The van der Waals surface area contributed by atoms with Gasteiger partial charge in [-0.2, -0.15) is 0 Å². The van der Waals surface area contributed by atoms with E-state index in [2.05, 4.69) is 16.1 Å². The van der Waals surface area contributed by atoms with Gasteiger partial charge in [-0.25, -0.2) is 4.79 Å². The first-order chi connectivity index (χ1) is 9.56. The number of ether oxygens (including phenoxy) is 2. The number of esters is 2. The van der Waals surface area contributed by atoms with Crippen LogP contribution in [0, 0.1) is 5.92 Å². The molecule has 1 rings (SSSR count). The van der Waals surface area contributed by atoms with Crippen LogP contribution in [0.15, 0.2) is 43.0 Å². The Bertz CT molecular complexity index is 506. The lowest BCUT2D eigenvalue weighted by atomic mass is 9.83. The standard InChI is InChI=1S/C15H16O5/c1-4-11(10-8-6-5-7-9-10)12(14(17)19-2)13(16)15(18)20-3/h4-9,11-12H,1H2,2-3H3/t11-,12?/m0/s1. The normalized spacial score (nSPS) is 12.9. The molecule has 0 spiro atoms. The van der Waals surface area contributed by atoms with Crippen LogP contribution in [0.25, 0.3) is 0 Å². The van der Waals surface area contributed by atoms with E-state index in [0.717, 1.165) is 14.2 Å². The Morgan fingerprint density at radius 3 is 2.15 bits per heavy atom. The average molecular weight is 276 g/mol. The Kier molecular flexibility index (Phi) is 5.65. The minimum Gasteiger partial charge on any atom is -0.468 e. The number of allylic oxidation sites excluding steroid dienone is 1. The van der Waals surface area contributed by atoms with Gasteiger partial charge in [-0.15, -0.1) is 6.58 Å². The van der Waals surface area contributed by atoms with Crippen LogP contribution in [0.2, 0.25) is 0 Å². The summed E-state index contributed by atoms with van der Waals surface area (Å²) in [5.74, 6) is -4.78. The Labute approximate surface area is 117 Å². The summed E-state index contributed by atoms with van der Waals surface area (Å²) < 4.78 is 9.00.